The third-order valence-electron chi connectivity index (χ3n) is 7.69. The fourth-order valence-corrected chi connectivity index (χ4v) is 5.72. The van der Waals surface area contributed by atoms with Crippen LogP contribution in [0.15, 0.2) is 51.8 Å². The second kappa shape index (κ2) is 10.3. The SMILES string of the molecule is O=C(NC[C@H]1CC[C@H](NC(=O)c2cn(C3CC3)c3cc(Cl)c(F)cc3c2=O)CC1)c1cc2cc(Cl)ccc2o1. The summed E-state index contributed by atoms with van der Waals surface area (Å²) in [5, 5.41) is 7.39. The first-order valence-corrected chi connectivity index (χ1v) is 13.8. The van der Waals surface area contributed by atoms with Gasteiger partial charge in [-0.3, -0.25) is 14.4 Å². The minimum atomic E-state index is -0.684. The zero-order chi connectivity index (χ0) is 27.3. The Kier molecular flexibility index (Phi) is 6.85. The van der Waals surface area contributed by atoms with Crippen molar-refractivity contribution in [2.24, 2.45) is 5.92 Å². The number of nitrogens with zero attached hydrogens (tertiary/aromatic N) is 1. The van der Waals surface area contributed by atoms with Crippen LogP contribution in [0.4, 0.5) is 4.39 Å². The summed E-state index contributed by atoms with van der Waals surface area (Å²) in [5.41, 5.74) is 0.654. The molecule has 39 heavy (non-hydrogen) atoms. The number of hydrogen-bond acceptors (Lipinski definition) is 4. The minimum absolute atomic E-state index is 0.0117. The molecule has 2 aromatic heterocycles. The van der Waals surface area contributed by atoms with Crippen LogP contribution in [0.2, 0.25) is 10.0 Å². The molecule has 4 aromatic rings. The monoisotopic (exact) mass is 569 g/mol. The maximum atomic E-state index is 14.2. The van der Waals surface area contributed by atoms with Gasteiger partial charge in [0.25, 0.3) is 11.8 Å². The number of hydrogen-bond donors (Lipinski definition) is 2. The van der Waals surface area contributed by atoms with Gasteiger partial charge in [-0.25, -0.2) is 4.39 Å². The second-order valence-corrected chi connectivity index (χ2v) is 11.3. The molecule has 2 N–H and O–H groups in total. The van der Waals surface area contributed by atoms with E-state index in [-0.39, 0.29) is 45.6 Å². The third-order valence-corrected chi connectivity index (χ3v) is 8.22. The zero-order valence-electron chi connectivity index (χ0n) is 20.9. The quantitative estimate of drug-likeness (QED) is 0.287. The number of pyridine rings is 1. The average Bonchev–Trinajstić information content (AvgIpc) is 3.67. The molecule has 6 rings (SSSR count). The second-order valence-electron chi connectivity index (χ2n) is 10.5. The number of fused-ring (bicyclic) bond motifs is 2. The summed E-state index contributed by atoms with van der Waals surface area (Å²) in [6.45, 7) is 0.502. The summed E-state index contributed by atoms with van der Waals surface area (Å²) < 4.78 is 21.7. The molecule has 0 unspecified atom stereocenters. The highest BCUT2D eigenvalue weighted by Crippen LogP contribution is 2.37. The summed E-state index contributed by atoms with van der Waals surface area (Å²) in [5.74, 6) is -0.910. The van der Waals surface area contributed by atoms with Crippen molar-refractivity contribution in [1.82, 2.24) is 15.2 Å². The normalized spacial score (nSPS) is 19.4. The van der Waals surface area contributed by atoms with Crippen molar-refractivity contribution >= 4 is 56.9 Å². The third kappa shape index (κ3) is 5.28. The lowest BCUT2D eigenvalue weighted by atomic mass is 9.86. The van der Waals surface area contributed by atoms with Crippen molar-refractivity contribution in [3.63, 3.8) is 0 Å². The van der Waals surface area contributed by atoms with Crippen molar-refractivity contribution in [1.29, 1.82) is 0 Å². The number of amides is 2. The Balaban J connectivity index is 1.07. The van der Waals surface area contributed by atoms with Gasteiger partial charge in [0.1, 0.15) is 17.0 Å². The van der Waals surface area contributed by atoms with Gasteiger partial charge in [-0.1, -0.05) is 23.2 Å². The molecule has 0 saturated heterocycles. The Morgan fingerprint density at radius 2 is 1.77 bits per heavy atom. The van der Waals surface area contributed by atoms with E-state index in [0.29, 0.717) is 22.7 Å². The molecule has 0 aliphatic heterocycles. The number of carbonyl (C=O) groups excluding carboxylic acids is 2. The molecular formula is C29H26Cl2FN3O4. The molecule has 2 heterocycles. The zero-order valence-corrected chi connectivity index (χ0v) is 22.4. The molecule has 0 spiro atoms. The van der Waals surface area contributed by atoms with Crippen molar-refractivity contribution in [3.05, 3.63) is 80.0 Å². The largest absolute Gasteiger partial charge is 0.451 e. The number of aromatic nitrogens is 1. The average molecular weight is 570 g/mol. The first kappa shape index (κ1) is 25.9. The predicted molar refractivity (Wildman–Crippen MR) is 148 cm³/mol. The van der Waals surface area contributed by atoms with Crippen LogP contribution in [-0.4, -0.2) is 29.0 Å². The van der Waals surface area contributed by atoms with Crippen LogP contribution in [0.1, 0.15) is 65.5 Å². The number of rotatable bonds is 6. The summed E-state index contributed by atoms with van der Waals surface area (Å²) in [4.78, 5) is 38.9. The van der Waals surface area contributed by atoms with Crippen molar-refractivity contribution < 1.29 is 18.4 Å². The summed E-state index contributed by atoms with van der Waals surface area (Å²) in [6, 6.07) is 9.53. The van der Waals surface area contributed by atoms with Crippen molar-refractivity contribution in [3.8, 4) is 0 Å². The van der Waals surface area contributed by atoms with Gasteiger partial charge in [-0.15, -0.1) is 0 Å². The van der Waals surface area contributed by atoms with Gasteiger partial charge in [0.05, 0.1) is 10.5 Å². The molecule has 7 nitrogen and oxygen atoms in total. The molecule has 0 atom stereocenters. The number of nitrogens with one attached hydrogen (secondary N) is 2. The highest BCUT2D eigenvalue weighted by atomic mass is 35.5. The summed E-state index contributed by atoms with van der Waals surface area (Å²) in [6.07, 6.45) is 6.52. The molecule has 0 bridgehead atoms. The highest BCUT2D eigenvalue weighted by Gasteiger charge is 2.29. The lowest BCUT2D eigenvalue weighted by molar-refractivity contribution is 0.0910. The van der Waals surface area contributed by atoms with E-state index in [1.165, 1.54) is 6.07 Å². The number of furan rings is 1. The lowest BCUT2D eigenvalue weighted by Crippen LogP contribution is -2.41. The smallest absolute Gasteiger partial charge is 0.287 e. The van der Waals surface area contributed by atoms with Gasteiger partial charge in [-0.2, -0.15) is 0 Å². The number of benzene rings is 2. The van der Waals surface area contributed by atoms with Crippen LogP contribution in [0.5, 0.6) is 0 Å². The van der Waals surface area contributed by atoms with Crippen LogP contribution >= 0.6 is 23.2 Å². The van der Waals surface area contributed by atoms with E-state index in [1.54, 1.807) is 30.5 Å². The molecule has 2 aromatic carbocycles. The van der Waals surface area contributed by atoms with E-state index in [1.807, 2.05) is 4.57 Å². The van der Waals surface area contributed by atoms with Crippen molar-refractivity contribution in [2.75, 3.05) is 6.54 Å². The molecule has 202 valence electrons. The maximum Gasteiger partial charge on any atom is 0.287 e. The van der Waals surface area contributed by atoms with E-state index >= 15 is 0 Å². The summed E-state index contributed by atoms with van der Waals surface area (Å²) in [7, 11) is 0. The number of carbonyl (C=O) groups is 2. The van der Waals surface area contributed by atoms with Crippen LogP contribution in [0, 0.1) is 11.7 Å². The Morgan fingerprint density at radius 3 is 2.51 bits per heavy atom. The topological polar surface area (TPSA) is 93.3 Å². The first-order valence-electron chi connectivity index (χ1n) is 13.1. The molecule has 2 saturated carbocycles. The Hall–Kier alpha value is -3.36. The summed E-state index contributed by atoms with van der Waals surface area (Å²) >= 11 is 12.0. The molecule has 2 fully saturated rings. The molecule has 10 heteroatoms. The minimum Gasteiger partial charge on any atom is -0.451 e. The van der Waals surface area contributed by atoms with Gasteiger partial charge >= 0.3 is 0 Å². The number of halogens is 3. The molecule has 2 aliphatic rings. The van der Waals surface area contributed by atoms with E-state index in [9.17, 15) is 18.8 Å². The van der Waals surface area contributed by atoms with E-state index < -0.39 is 17.2 Å². The Labute approximate surface area is 233 Å². The van der Waals surface area contributed by atoms with Gasteiger partial charge in [0.15, 0.2) is 5.76 Å². The van der Waals surface area contributed by atoms with Crippen LogP contribution in [-0.2, 0) is 0 Å². The fourth-order valence-electron chi connectivity index (χ4n) is 5.39. The maximum absolute atomic E-state index is 14.2. The van der Waals surface area contributed by atoms with Crippen LogP contribution in [0.25, 0.3) is 21.9 Å². The van der Waals surface area contributed by atoms with E-state index in [2.05, 4.69) is 10.6 Å². The van der Waals surface area contributed by atoms with Gasteiger partial charge in [0, 0.05) is 40.6 Å². The Morgan fingerprint density at radius 1 is 1.00 bits per heavy atom. The van der Waals surface area contributed by atoms with Crippen LogP contribution in [0.3, 0.4) is 0 Å². The van der Waals surface area contributed by atoms with Gasteiger partial charge in [0.2, 0.25) is 5.43 Å². The molecular weight excluding hydrogens is 544 g/mol. The van der Waals surface area contributed by atoms with Crippen LogP contribution < -0.4 is 16.1 Å². The fraction of sp³-hybridized carbons (Fsp3) is 0.345. The Bertz CT molecular complexity index is 1670. The molecule has 2 amide bonds. The van der Waals surface area contributed by atoms with Crippen molar-refractivity contribution in [2.45, 2.75) is 50.6 Å². The van der Waals surface area contributed by atoms with Gasteiger partial charge in [-0.05, 0) is 80.8 Å². The van der Waals surface area contributed by atoms with E-state index in [4.69, 9.17) is 27.6 Å². The molecule has 2 aliphatic carbocycles. The predicted octanol–water partition coefficient (Wildman–Crippen LogP) is 6.25. The highest BCUT2D eigenvalue weighted by molar-refractivity contribution is 6.31. The standard InChI is InChI=1S/C29H26Cl2FN3O4/c30-17-3-8-25-16(9-17)10-26(39-25)29(38)33-13-15-1-4-18(5-2-15)34-28(37)21-14-35(19-6-7-19)24-12-22(31)23(32)11-20(24)27(21)36/h3,8-12,14-15,18-19H,1-2,4-7,13H2,(H,33,38)(H,34,37)/t15-,18-. The first-order chi connectivity index (χ1) is 18.8. The molecule has 0 radical (unpaired) electrons. The van der Waals surface area contributed by atoms with Gasteiger partial charge < -0.3 is 19.6 Å². The lowest BCUT2D eigenvalue weighted by Gasteiger charge is -2.29. The van der Waals surface area contributed by atoms with E-state index in [0.717, 1.165) is 50.0 Å².